The Hall–Kier alpha value is -2.68. The second kappa shape index (κ2) is 6.91. The zero-order chi connectivity index (χ0) is 19.0. The molecule has 0 aromatic carbocycles. The van der Waals surface area contributed by atoms with E-state index in [9.17, 15) is 14.4 Å². The second-order valence-corrected chi connectivity index (χ2v) is 7.53. The number of thiophene rings is 1. The number of nitrogens with zero attached hydrogens (tertiary/aromatic N) is 4. The van der Waals surface area contributed by atoms with E-state index in [0.717, 1.165) is 9.44 Å². The SMILES string of the molecule is CC(C)[C@H](NC(=O)Cn1cnc2c1c(=O)n(C)c(=O)n2C)c1cccs1. The Labute approximate surface area is 153 Å². The van der Waals surface area contributed by atoms with Crippen LogP contribution in [0, 0.1) is 5.92 Å². The standard InChI is InChI=1S/C17H21N5O3S/c1-10(2)13(11-6-5-7-26-11)19-12(23)8-22-9-18-15-14(22)16(24)21(4)17(25)20(15)3/h5-7,9-10,13H,8H2,1-4H3,(H,19,23)/t13-/m0/s1. The molecule has 0 bridgehead atoms. The van der Waals surface area contributed by atoms with Gasteiger partial charge in [-0.3, -0.25) is 18.7 Å². The molecule has 0 saturated heterocycles. The maximum Gasteiger partial charge on any atom is 0.332 e. The molecule has 0 unspecified atom stereocenters. The molecule has 0 aliphatic heterocycles. The van der Waals surface area contributed by atoms with E-state index in [2.05, 4.69) is 10.3 Å². The predicted octanol–water partition coefficient (Wildman–Crippen LogP) is 1.01. The number of aromatic nitrogens is 4. The molecule has 1 N–H and O–H groups in total. The van der Waals surface area contributed by atoms with Crippen molar-refractivity contribution in [2.75, 3.05) is 0 Å². The number of nitrogens with one attached hydrogen (secondary N) is 1. The molecule has 0 spiro atoms. The van der Waals surface area contributed by atoms with Crippen LogP contribution in [0.4, 0.5) is 0 Å². The van der Waals surface area contributed by atoms with Gasteiger partial charge in [-0.25, -0.2) is 9.78 Å². The Kier molecular flexibility index (Phi) is 4.82. The number of fused-ring (bicyclic) bond motifs is 1. The van der Waals surface area contributed by atoms with Gasteiger partial charge >= 0.3 is 5.69 Å². The van der Waals surface area contributed by atoms with Crippen LogP contribution in [0.15, 0.2) is 33.4 Å². The molecule has 1 atom stereocenters. The number of imidazole rings is 1. The predicted molar refractivity (Wildman–Crippen MR) is 100 cm³/mol. The molecule has 3 heterocycles. The van der Waals surface area contributed by atoms with Crippen LogP contribution in [0.2, 0.25) is 0 Å². The first kappa shape index (κ1) is 18.1. The highest BCUT2D eigenvalue weighted by Crippen LogP contribution is 2.25. The van der Waals surface area contributed by atoms with Crippen LogP contribution >= 0.6 is 11.3 Å². The number of rotatable bonds is 5. The van der Waals surface area contributed by atoms with Crippen LogP contribution in [-0.2, 0) is 25.4 Å². The normalized spacial score (nSPS) is 12.7. The van der Waals surface area contributed by atoms with E-state index in [1.807, 2.05) is 31.4 Å². The minimum absolute atomic E-state index is 0.0431. The van der Waals surface area contributed by atoms with E-state index in [-0.39, 0.29) is 35.6 Å². The van der Waals surface area contributed by atoms with Gasteiger partial charge in [-0.05, 0) is 17.4 Å². The molecular weight excluding hydrogens is 354 g/mol. The minimum atomic E-state index is -0.466. The minimum Gasteiger partial charge on any atom is -0.347 e. The first-order valence-corrected chi connectivity index (χ1v) is 9.12. The second-order valence-electron chi connectivity index (χ2n) is 6.56. The average molecular weight is 375 g/mol. The lowest BCUT2D eigenvalue weighted by molar-refractivity contribution is -0.122. The third kappa shape index (κ3) is 3.10. The van der Waals surface area contributed by atoms with Gasteiger partial charge in [-0.2, -0.15) is 0 Å². The van der Waals surface area contributed by atoms with Gasteiger partial charge in [0.2, 0.25) is 5.91 Å². The summed E-state index contributed by atoms with van der Waals surface area (Å²) in [7, 11) is 2.96. The number of hydrogen-bond acceptors (Lipinski definition) is 5. The van der Waals surface area contributed by atoms with Gasteiger partial charge in [0.25, 0.3) is 5.56 Å². The highest BCUT2D eigenvalue weighted by Gasteiger charge is 2.21. The average Bonchev–Trinajstić information content (AvgIpc) is 3.25. The molecule has 0 saturated carbocycles. The third-order valence-corrected chi connectivity index (χ3v) is 5.32. The smallest absolute Gasteiger partial charge is 0.332 e. The van der Waals surface area contributed by atoms with Crippen molar-refractivity contribution in [2.24, 2.45) is 20.0 Å². The van der Waals surface area contributed by atoms with E-state index >= 15 is 0 Å². The molecule has 3 rings (SSSR count). The van der Waals surface area contributed by atoms with Crippen LogP contribution in [0.25, 0.3) is 11.2 Å². The van der Waals surface area contributed by atoms with E-state index in [1.165, 1.54) is 22.5 Å². The van der Waals surface area contributed by atoms with Crippen molar-refractivity contribution in [3.63, 3.8) is 0 Å². The summed E-state index contributed by atoms with van der Waals surface area (Å²) < 4.78 is 3.80. The maximum absolute atomic E-state index is 12.6. The fourth-order valence-electron chi connectivity index (χ4n) is 2.93. The molecule has 26 heavy (non-hydrogen) atoms. The number of hydrogen-bond donors (Lipinski definition) is 1. The zero-order valence-electron chi connectivity index (χ0n) is 15.1. The number of aryl methyl sites for hydroxylation is 1. The molecule has 3 aromatic rings. The number of carbonyl (C=O) groups is 1. The Bertz CT molecular complexity index is 1060. The molecular formula is C17H21N5O3S. The lowest BCUT2D eigenvalue weighted by atomic mass is 10.0. The largest absolute Gasteiger partial charge is 0.347 e. The molecule has 0 aliphatic carbocycles. The molecule has 1 amide bonds. The molecule has 0 aliphatic rings. The molecule has 9 heteroatoms. The first-order valence-electron chi connectivity index (χ1n) is 8.25. The van der Waals surface area contributed by atoms with Gasteiger partial charge in [-0.1, -0.05) is 19.9 Å². The van der Waals surface area contributed by atoms with Gasteiger partial charge in [-0.15, -0.1) is 11.3 Å². The van der Waals surface area contributed by atoms with Crippen molar-refractivity contribution < 1.29 is 4.79 Å². The zero-order valence-corrected chi connectivity index (χ0v) is 15.9. The summed E-state index contributed by atoms with van der Waals surface area (Å²) >= 11 is 1.59. The van der Waals surface area contributed by atoms with Gasteiger partial charge in [0.05, 0.1) is 12.4 Å². The van der Waals surface area contributed by atoms with E-state index in [1.54, 1.807) is 18.4 Å². The van der Waals surface area contributed by atoms with Crippen molar-refractivity contribution >= 4 is 28.4 Å². The molecule has 0 radical (unpaired) electrons. The summed E-state index contributed by atoms with van der Waals surface area (Å²) in [5, 5.41) is 5.00. The number of amides is 1. The lowest BCUT2D eigenvalue weighted by Crippen LogP contribution is -2.38. The van der Waals surface area contributed by atoms with E-state index in [4.69, 9.17) is 0 Å². The fraction of sp³-hybridized carbons (Fsp3) is 0.412. The Morgan fingerprint density at radius 2 is 2.00 bits per heavy atom. The molecule has 3 aromatic heterocycles. The van der Waals surface area contributed by atoms with Crippen molar-refractivity contribution in [3.05, 3.63) is 49.6 Å². The van der Waals surface area contributed by atoms with Crippen LogP contribution in [0.5, 0.6) is 0 Å². The maximum atomic E-state index is 12.6. The quantitative estimate of drug-likeness (QED) is 0.720. The van der Waals surface area contributed by atoms with Gasteiger partial charge in [0, 0.05) is 19.0 Å². The fourth-order valence-corrected chi connectivity index (χ4v) is 3.87. The monoisotopic (exact) mass is 375 g/mol. The number of carbonyl (C=O) groups excluding carboxylic acids is 1. The summed E-state index contributed by atoms with van der Waals surface area (Å²) in [4.78, 5) is 42.2. The van der Waals surface area contributed by atoms with Crippen molar-refractivity contribution in [1.29, 1.82) is 0 Å². The van der Waals surface area contributed by atoms with Gasteiger partial charge in [0.15, 0.2) is 11.2 Å². The summed E-state index contributed by atoms with van der Waals surface area (Å²) in [5.74, 6) is 0.0122. The van der Waals surface area contributed by atoms with Gasteiger partial charge < -0.3 is 9.88 Å². The van der Waals surface area contributed by atoms with Crippen molar-refractivity contribution in [1.82, 2.24) is 24.0 Å². The summed E-state index contributed by atoms with van der Waals surface area (Å²) in [6.07, 6.45) is 1.42. The molecule has 8 nitrogen and oxygen atoms in total. The highest BCUT2D eigenvalue weighted by atomic mass is 32.1. The lowest BCUT2D eigenvalue weighted by Gasteiger charge is -2.21. The summed E-state index contributed by atoms with van der Waals surface area (Å²) in [6.45, 7) is 4.05. The summed E-state index contributed by atoms with van der Waals surface area (Å²) in [6, 6.07) is 3.85. The Morgan fingerprint density at radius 1 is 1.27 bits per heavy atom. The van der Waals surface area contributed by atoms with Crippen LogP contribution < -0.4 is 16.6 Å². The first-order chi connectivity index (χ1) is 12.3. The van der Waals surface area contributed by atoms with Crippen molar-refractivity contribution in [2.45, 2.75) is 26.4 Å². The molecule has 0 fully saturated rings. The Balaban J connectivity index is 1.91. The van der Waals surface area contributed by atoms with Crippen LogP contribution in [0.3, 0.4) is 0 Å². The summed E-state index contributed by atoms with van der Waals surface area (Å²) in [5.41, 5.74) is -0.409. The van der Waals surface area contributed by atoms with Crippen molar-refractivity contribution in [3.8, 4) is 0 Å². The Morgan fingerprint density at radius 3 is 2.62 bits per heavy atom. The topological polar surface area (TPSA) is 90.9 Å². The molecule has 138 valence electrons. The van der Waals surface area contributed by atoms with Gasteiger partial charge in [0.1, 0.15) is 6.54 Å². The van der Waals surface area contributed by atoms with E-state index in [0.29, 0.717) is 0 Å². The van der Waals surface area contributed by atoms with Crippen LogP contribution in [-0.4, -0.2) is 24.6 Å². The highest BCUT2D eigenvalue weighted by molar-refractivity contribution is 7.10. The van der Waals surface area contributed by atoms with Crippen LogP contribution in [0.1, 0.15) is 24.8 Å². The van der Waals surface area contributed by atoms with E-state index < -0.39 is 11.2 Å². The third-order valence-electron chi connectivity index (χ3n) is 4.36.